The fourth-order valence-electron chi connectivity index (χ4n) is 3.44. The number of carbonyl (C=O) groups is 1. The molecule has 4 heterocycles. The third-order valence-electron chi connectivity index (χ3n) is 4.91. The molecule has 0 unspecified atom stereocenters. The maximum atomic E-state index is 12.0. The number of imidazole rings is 1. The molecule has 1 aliphatic rings. The Balaban J connectivity index is 1.59. The van der Waals surface area contributed by atoms with Crippen LogP contribution >= 0.6 is 0 Å². The lowest BCUT2D eigenvalue weighted by Gasteiger charge is -2.22. The molecule has 0 N–H and O–H groups in total. The molecule has 0 saturated carbocycles. The molecule has 0 aliphatic carbocycles. The topological polar surface area (TPSA) is 114 Å². The first-order valence-electron chi connectivity index (χ1n) is 9.30. The molecular formula is C20H18N8O. The third-order valence-corrected chi connectivity index (χ3v) is 4.91. The first-order valence-corrected chi connectivity index (χ1v) is 9.30. The van der Waals surface area contributed by atoms with Crippen molar-refractivity contribution in [2.45, 2.75) is 12.8 Å². The van der Waals surface area contributed by atoms with Crippen molar-refractivity contribution in [3.63, 3.8) is 0 Å². The quantitative estimate of drug-likeness (QED) is 0.672. The average Bonchev–Trinajstić information content (AvgIpc) is 3.01. The molecule has 0 aromatic carbocycles. The normalized spacial score (nSPS) is 14.3. The Kier molecular flexibility index (Phi) is 5.04. The number of pyridine rings is 1. The molecule has 9 nitrogen and oxygen atoms in total. The second kappa shape index (κ2) is 7.95. The first kappa shape index (κ1) is 18.4. The molecule has 4 rings (SSSR count). The van der Waals surface area contributed by atoms with Gasteiger partial charge in [-0.2, -0.15) is 10.5 Å². The van der Waals surface area contributed by atoms with E-state index in [-0.39, 0.29) is 12.3 Å². The van der Waals surface area contributed by atoms with Crippen molar-refractivity contribution in [2.75, 3.05) is 31.1 Å². The van der Waals surface area contributed by atoms with Gasteiger partial charge in [0.05, 0.1) is 17.8 Å². The zero-order chi connectivity index (χ0) is 20.2. The second-order valence-electron chi connectivity index (χ2n) is 6.70. The van der Waals surface area contributed by atoms with Gasteiger partial charge in [0.2, 0.25) is 5.91 Å². The monoisotopic (exact) mass is 386 g/mol. The van der Waals surface area contributed by atoms with Crippen LogP contribution in [0.3, 0.4) is 0 Å². The maximum Gasteiger partial charge on any atom is 0.236 e. The Hall–Kier alpha value is -3.98. The van der Waals surface area contributed by atoms with Gasteiger partial charge in [0.1, 0.15) is 29.6 Å². The van der Waals surface area contributed by atoms with E-state index in [0.29, 0.717) is 36.7 Å². The fraction of sp³-hybridized carbons (Fsp3) is 0.300. The molecule has 1 aliphatic heterocycles. The fourth-order valence-corrected chi connectivity index (χ4v) is 3.44. The maximum absolute atomic E-state index is 12.0. The highest BCUT2D eigenvalue weighted by Crippen LogP contribution is 2.21. The van der Waals surface area contributed by atoms with Crippen LogP contribution in [0, 0.1) is 22.7 Å². The van der Waals surface area contributed by atoms with Crippen LogP contribution in [0.2, 0.25) is 0 Å². The van der Waals surface area contributed by atoms with Gasteiger partial charge in [0.25, 0.3) is 0 Å². The highest BCUT2D eigenvalue weighted by molar-refractivity contribution is 5.78. The first-order chi connectivity index (χ1) is 14.2. The molecule has 1 saturated heterocycles. The minimum Gasteiger partial charge on any atom is -0.355 e. The van der Waals surface area contributed by atoms with Crippen molar-refractivity contribution >= 4 is 17.4 Å². The van der Waals surface area contributed by atoms with Gasteiger partial charge in [-0.1, -0.05) is 0 Å². The summed E-state index contributed by atoms with van der Waals surface area (Å²) < 4.78 is 1.81. The molecule has 144 valence electrons. The predicted molar refractivity (Wildman–Crippen MR) is 105 cm³/mol. The van der Waals surface area contributed by atoms with E-state index in [0.717, 1.165) is 24.4 Å². The van der Waals surface area contributed by atoms with Gasteiger partial charge in [-0.05, 0) is 24.6 Å². The largest absolute Gasteiger partial charge is 0.355 e. The van der Waals surface area contributed by atoms with Crippen molar-refractivity contribution in [1.29, 1.82) is 10.5 Å². The van der Waals surface area contributed by atoms with Gasteiger partial charge in [-0.15, -0.1) is 0 Å². The number of hydrogen-bond acceptors (Lipinski definition) is 7. The Labute approximate surface area is 167 Å². The Bertz CT molecular complexity index is 1140. The number of rotatable bonds is 3. The molecule has 0 spiro atoms. The Morgan fingerprint density at radius 1 is 1.10 bits per heavy atom. The number of anilines is 1. The van der Waals surface area contributed by atoms with Gasteiger partial charge in [0.15, 0.2) is 5.82 Å². The van der Waals surface area contributed by atoms with E-state index in [1.54, 1.807) is 35.6 Å². The van der Waals surface area contributed by atoms with Gasteiger partial charge >= 0.3 is 0 Å². The molecule has 3 aromatic rings. The lowest BCUT2D eigenvalue weighted by molar-refractivity contribution is -0.129. The van der Waals surface area contributed by atoms with Gasteiger partial charge in [-0.25, -0.2) is 15.0 Å². The van der Waals surface area contributed by atoms with Gasteiger partial charge in [-0.3, -0.25) is 9.20 Å². The van der Waals surface area contributed by atoms with Gasteiger partial charge in [0, 0.05) is 38.6 Å². The molecular weight excluding hydrogens is 368 g/mol. The lowest BCUT2D eigenvalue weighted by atomic mass is 10.3. The zero-order valence-electron chi connectivity index (χ0n) is 15.7. The predicted octanol–water partition coefficient (Wildman–Crippen LogP) is 1.62. The highest BCUT2D eigenvalue weighted by Gasteiger charge is 2.20. The number of carbonyl (C=O) groups excluding carboxylic acids is 1. The van der Waals surface area contributed by atoms with E-state index in [9.17, 15) is 4.79 Å². The summed E-state index contributed by atoms with van der Waals surface area (Å²) in [6, 6.07) is 9.40. The van der Waals surface area contributed by atoms with E-state index in [2.05, 4.69) is 20.9 Å². The van der Waals surface area contributed by atoms with Crippen molar-refractivity contribution in [3.05, 3.63) is 42.4 Å². The summed E-state index contributed by atoms with van der Waals surface area (Å²) in [6.07, 6.45) is 5.83. The Morgan fingerprint density at radius 2 is 2.00 bits per heavy atom. The number of nitrogens with zero attached hydrogens (tertiary/aromatic N) is 8. The highest BCUT2D eigenvalue weighted by atomic mass is 16.2. The molecule has 0 atom stereocenters. The summed E-state index contributed by atoms with van der Waals surface area (Å²) in [6.45, 7) is 2.60. The smallest absolute Gasteiger partial charge is 0.236 e. The number of hydrogen-bond donors (Lipinski definition) is 0. The van der Waals surface area contributed by atoms with Crippen LogP contribution in [0.4, 0.5) is 5.82 Å². The van der Waals surface area contributed by atoms with Crippen molar-refractivity contribution in [1.82, 2.24) is 24.3 Å². The van der Waals surface area contributed by atoms with Crippen molar-refractivity contribution in [2.24, 2.45) is 0 Å². The number of amides is 1. The summed E-state index contributed by atoms with van der Waals surface area (Å²) in [5.41, 5.74) is 1.96. The van der Waals surface area contributed by atoms with E-state index in [4.69, 9.17) is 15.5 Å². The van der Waals surface area contributed by atoms with E-state index >= 15 is 0 Å². The summed E-state index contributed by atoms with van der Waals surface area (Å²) in [5, 5.41) is 17.9. The molecule has 3 aromatic heterocycles. The van der Waals surface area contributed by atoms with Gasteiger partial charge < -0.3 is 9.80 Å². The number of aromatic nitrogens is 4. The molecule has 29 heavy (non-hydrogen) atoms. The van der Waals surface area contributed by atoms with Crippen LogP contribution in [0.5, 0.6) is 0 Å². The summed E-state index contributed by atoms with van der Waals surface area (Å²) >= 11 is 0. The van der Waals surface area contributed by atoms with E-state index in [1.807, 2.05) is 16.5 Å². The third kappa shape index (κ3) is 3.71. The Morgan fingerprint density at radius 3 is 2.83 bits per heavy atom. The number of nitriles is 2. The van der Waals surface area contributed by atoms with E-state index in [1.165, 1.54) is 0 Å². The van der Waals surface area contributed by atoms with Crippen LogP contribution in [-0.2, 0) is 4.79 Å². The summed E-state index contributed by atoms with van der Waals surface area (Å²) in [7, 11) is 0. The molecule has 0 radical (unpaired) electrons. The minimum atomic E-state index is -0.128. The zero-order valence-corrected chi connectivity index (χ0v) is 15.7. The van der Waals surface area contributed by atoms with Crippen LogP contribution < -0.4 is 4.90 Å². The standard InChI is InChI=1S/C20H18N8O/c21-6-4-19(29)27-9-1-8-26(10-11-27)18-5-7-23-20(25-18)16-13-24-17-3-2-15(12-22)14-28(16)17/h2-3,5,7,13-14H,1,4,8-11H2. The minimum absolute atomic E-state index is 0.0867. The lowest BCUT2D eigenvalue weighted by Crippen LogP contribution is -2.35. The molecule has 9 heteroatoms. The molecule has 0 bridgehead atoms. The summed E-state index contributed by atoms with van der Waals surface area (Å²) in [4.78, 5) is 29.3. The average molecular weight is 386 g/mol. The SMILES string of the molecule is N#CCC(=O)N1CCCN(c2ccnc(-c3cnc4ccc(C#N)cn34)n2)CC1. The van der Waals surface area contributed by atoms with E-state index < -0.39 is 0 Å². The van der Waals surface area contributed by atoms with Crippen LogP contribution in [0.25, 0.3) is 17.2 Å². The van der Waals surface area contributed by atoms with Crippen molar-refractivity contribution < 1.29 is 4.79 Å². The van der Waals surface area contributed by atoms with Crippen molar-refractivity contribution in [3.8, 4) is 23.7 Å². The van der Waals surface area contributed by atoms with Crippen LogP contribution in [-0.4, -0.2) is 56.3 Å². The van der Waals surface area contributed by atoms with Crippen LogP contribution in [0.15, 0.2) is 36.8 Å². The van der Waals surface area contributed by atoms with Crippen LogP contribution in [0.1, 0.15) is 18.4 Å². The molecule has 1 fully saturated rings. The second-order valence-corrected chi connectivity index (χ2v) is 6.70. The number of fused-ring (bicyclic) bond motifs is 1. The summed E-state index contributed by atoms with van der Waals surface area (Å²) in [5.74, 6) is 1.17. The molecule has 1 amide bonds.